The molecule has 1 saturated heterocycles. The van der Waals surface area contributed by atoms with Crippen LogP contribution in [-0.2, 0) is 0 Å². The molecular weight excluding hydrogens is 312 g/mol. The highest BCUT2D eigenvalue weighted by atomic mass is 16.2. The number of hydrogen-bond acceptors (Lipinski definition) is 2. The second kappa shape index (κ2) is 7.51. The van der Waals surface area contributed by atoms with Gasteiger partial charge in [-0.25, -0.2) is 0 Å². The van der Waals surface area contributed by atoms with E-state index < -0.39 is 0 Å². The van der Waals surface area contributed by atoms with Crippen molar-refractivity contribution in [1.82, 2.24) is 10.2 Å². The molecule has 2 amide bonds. The summed E-state index contributed by atoms with van der Waals surface area (Å²) in [6, 6.07) is 15.3. The van der Waals surface area contributed by atoms with Gasteiger partial charge in [-0.2, -0.15) is 0 Å². The first-order valence-electron chi connectivity index (χ1n) is 8.76. The van der Waals surface area contributed by atoms with Gasteiger partial charge < -0.3 is 10.2 Å². The second-order valence-electron chi connectivity index (χ2n) is 6.78. The van der Waals surface area contributed by atoms with Crippen LogP contribution in [0.5, 0.6) is 0 Å². The van der Waals surface area contributed by atoms with Crippen molar-refractivity contribution in [2.24, 2.45) is 0 Å². The van der Waals surface area contributed by atoms with Gasteiger partial charge in [-0.1, -0.05) is 35.4 Å². The summed E-state index contributed by atoms with van der Waals surface area (Å²) in [7, 11) is 0. The minimum Gasteiger partial charge on any atom is -0.349 e. The van der Waals surface area contributed by atoms with E-state index in [1.54, 1.807) is 0 Å². The van der Waals surface area contributed by atoms with Crippen LogP contribution in [0.25, 0.3) is 0 Å². The van der Waals surface area contributed by atoms with Gasteiger partial charge >= 0.3 is 0 Å². The first-order chi connectivity index (χ1) is 12.0. The Morgan fingerprint density at radius 2 is 1.52 bits per heavy atom. The lowest BCUT2D eigenvalue weighted by atomic mass is 10.0. The third kappa shape index (κ3) is 4.27. The highest BCUT2D eigenvalue weighted by Gasteiger charge is 2.25. The van der Waals surface area contributed by atoms with E-state index in [1.165, 1.54) is 0 Å². The Bertz CT molecular complexity index is 742. The van der Waals surface area contributed by atoms with E-state index in [1.807, 2.05) is 61.2 Å². The first kappa shape index (κ1) is 17.2. The van der Waals surface area contributed by atoms with Gasteiger partial charge in [0.1, 0.15) is 0 Å². The zero-order valence-corrected chi connectivity index (χ0v) is 14.8. The molecule has 2 aromatic rings. The normalized spacial score (nSPS) is 15.0. The molecule has 1 aliphatic heterocycles. The molecule has 0 spiro atoms. The molecule has 1 N–H and O–H groups in total. The fourth-order valence-electron chi connectivity index (χ4n) is 3.37. The van der Waals surface area contributed by atoms with Crippen LogP contribution in [0.2, 0.25) is 0 Å². The van der Waals surface area contributed by atoms with Gasteiger partial charge in [-0.15, -0.1) is 0 Å². The standard InChI is InChI=1S/C21H24N2O2/c1-15-12-16(2)14-18(13-15)21(25)23-10-8-19(9-11-23)22-20(24)17-6-4-3-5-7-17/h3-7,12-14,19H,8-11H2,1-2H3,(H,22,24). The summed E-state index contributed by atoms with van der Waals surface area (Å²) in [5, 5.41) is 3.08. The van der Waals surface area contributed by atoms with Crippen LogP contribution >= 0.6 is 0 Å². The molecule has 0 bridgehead atoms. The van der Waals surface area contributed by atoms with Crippen molar-refractivity contribution >= 4 is 11.8 Å². The minimum atomic E-state index is -0.0420. The van der Waals surface area contributed by atoms with Crippen LogP contribution in [-0.4, -0.2) is 35.8 Å². The highest BCUT2D eigenvalue weighted by molar-refractivity contribution is 5.95. The summed E-state index contributed by atoms with van der Waals surface area (Å²) >= 11 is 0. The number of hydrogen-bond donors (Lipinski definition) is 1. The molecule has 4 nitrogen and oxygen atoms in total. The second-order valence-corrected chi connectivity index (χ2v) is 6.78. The quantitative estimate of drug-likeness (QED) is 0.934. The number of carbonyl (C=O) groups excluding carboxylic acids is 2. The molecule has 1 fully saturated rings. The predicted octanol–water partition coefficient (Wildman–Crippen LogP) is 3.34. The lowest BCUT2D eigenvalue weighted by Crippen LogP contribution is -2.46. The van der Waals surface area contributed by atoms with Gasteiger partial charge in [0, 0.05) is 30.3 Å². The van der Waals surface area contributed by atoms with Gasteiger partial charge in [0.05, 0.1) is 0 Å². The Labute approximate surface area is 148 Å². The van der Waals surface area contributed by atoms with Crippen LogP contribution in [0.1, 0.15) is 44.7 Å². The highest BCUT2D eigenvalue weighted by Crippen LogP contribution is 2.17. The Hall–Kier alpha value is -2.62. The Morgan fingerprint density at radius 1 is 0.920 bits per heavy atom. The summed E-state index contributed by atoms with van der Waals surface area (Å²) in [5.41, 5.74) is 3.64. The Kier molecular flexibility index (Phi) is 5.17. The molecule has 0 radical (unpaired) electrons. The molecule has 130 valence electrons. The number of piperidine rings is 1. The molecule has 0 aromatic heterocycles. The molecular formula is C21H24N2O2. The van der Waals surface area contributed by atoms with Crippen molar-refractivity contribution in [3.8, 4) is 0 Å². The van der Waals surface area contributed by atoms with Crippen LogP contribution in [0, 0.1) is 13.8 Å². The third-order valence-corrected chi connectivity index (χ3v) is 4.62. The fourth-order valence-corrected chi connectivity index (χ4v) is 3.37. The molecule has 2 aromatic carbocycles. The van der Waals surface area contributed by atoms with Crippen molar-refractivity contribution in [2.45, 2.75) is 32.7 Å². The maximum atomic E-state index is 12.7. The summed E-state index contributed by atoms with van der Waals surface area (Å²) in [6.45, 7) is 5.36. The fraction of sp³-hybridized carbons (Fsp3) is 0.333. The van der Waals surface area contributed by atoms with E-state index in [0.29, 0.717) is 18.7 Å². The van der Waals surface area contributed by atoms with E-state index in [0.717, 1.165) is 29.5 Å². The number of benzene rings is 2. The van der Waals surface area contributed by atoms with Gasteiger partial charge in [0.2, 0.25) is 0 Å². The van der Waals surface area contributed by atoms with E-state index in [-0.39, 0.29) is 17.9 Å². The summed E-state index contributed by atoms with van der Waals surface area (Å²) < 4.78 is 0. The summed E-state index contributed by atoms with van der Waals surface area (Å²) in [5.74, 6) is 0.0410. The topological polar surface area (TPSA) is 49.4 Å². The molecule has 0 saturated carbocycles. The average molecular weight is 336 g/mol. The molecule has 0 aliphatic carbocycles. The lowest BCUT2D eigenvalue weighted by molar-refractivity contribution is 0.0698. The van der Waals surface area contributed by atoms with Crippen LogP contribution in [0.3, 0.4) is 0 Å². The number of nitrogens with zero attached hydrogens (tertiary/aromatic N) is 1. The molecule has 0 atom stereocenters. The molecule has 1 aliphatic rings. The van der Waals surface area contributed by atoms with Crippen molar-refractivity contribution in [1.29, 1.82) is 0 Å². The van der Waals surface area contributed by atoms with Gasteiger partial charge in [-0.3, -0.25) is 9.59 Å². The third-order valence-electron chi connectivity index (χ3n) is 4.62. The Morgan fingerprint density at radius 3 is 2.12 bits per heavy atom. The average Bonchev–Trinajstić information content (AvgIpc) is 2.61. The van der Waals surface area contributed by atoms with Gasteiger partial charge in [0.15, 0.2) is 0 Å². The van der Waals surface area contributed by atoms with E-state index >= 15 is 0 Å². The van der Waals surface area contributed by atoms with Crippen LogP contribution in [0.15, 0.2) is 48.5 Å². The van der Waals surface area contributed by atoms with Crippen LogP contribution in [0.4, 0.5) is 0 Å². The molecule has 25 heavy (non-hydrogen) atoms. The van der Waals surface area contributed by atoms with Crippen molar-refractivity contribution in [3.05, 3.63) is 70.8 Å². The zero-order valence-electron chi connectivity index (χ0n) is 14.8. The van der Waals surface area contributed by atoms with E-state index in [4.69, 9.17) is 0 Å². The maximum Gasteiger partial charge on any atom is 0.253 e. The Balaban J connectivity index is 1.56. The predicted molar refractivity (Wildman–Crippen MR) is 98.7 cm³/mol. The van der Waals surface area contributed by atoms with E-state index in [9.17, 15) is 9.59 Å². The smallest absolute Gasteiger partial charge is 0.253 e. The summed E-state index contributed by atoms with van der Waals surface area (Å²) in [4.78, 5) is 26.8. The molecule has 1 heterocycles. The number of nitrogens with one attached hydrogen (secondary N) is 1. The monoisotopic (exact) mass is 336 g/mol. The largest absolute Gasteiger partial charge is 0.349 e. The van der Waals surface area contributed by atoms with Gasteiger partial charge in [0.25, 0.3) is 11.8 Å². The number of rotatable bonds is 3. The maximum absolute atomic E-state index is 12.7. The van der Waals surface area contributed by atoms with Crippen molar-refractivity contribution in [3.63, 3.8) is 0 Å². The van der Waals surface area contributed by atoms with Crippen LogP contribution < -0.4 is 5.32 Å². The zero-order chi connectivity index (χ0) is 17.8. The van der Waals surface area contributed by atoms with Gasteiger partial charge in [-0.05, 0) is 51.0 Å². The SMILES string of the molecule is Cc1cc(C)cc(C(=O)N2CCC(NC(=O)c3ccccc3)CC2)c1. The summed E-state index contributed by atoms with van der Waals surface area (Å²) in [6.07, 6.45) is 1.57. The molecule has 0 unspecified atom stereocenters. The number of aryl methyl sites for hydroxylation is 2. The number of amides is 2. The lowest BCUT2D eigenvalue weighted by Gasteiger charge is -2.32. The first-order valence-corrected chi connectivity index (χ1v) is 8.76. The number of carbonyl (C=O) groups is 2. The molecule has 3 rings (SSSR count). The van der Waals surface area contributed by atoms with Crippen molar-refractivity contribution in [2.75, 3.05) is 13.1 Å². The number of likely N-dealkylation sites (tertiary alicyclic amines) is 1. The minimum absolute atomic E-state index is 0.0420. The van der Waals surface area contributed by atoms with E-state index in [2.05, 4.69) is 11.4 Å². The van der Waals surface area contributed by atoms with Crippen molar-refractivity contribution < 1.29 is 9.59 Å². The molecule has 4 heteroatoms.